The lowest BCUT2D eigenvalue weighted by molar-refractivity contribution is -0.145. The highest BCUT2D eigenvalue weighted by molar-refractivity contribution is 5.69. The second-order valence-corrected chi connectivity index (χ2v) is 10.6. The summed E-state index contributed by atoms with van der Waals surface area (Å²) in [7, 11) is 0. The number of hydrogen-bond acceptors (Lipinski definition) is 3. The standard InChI is InChI=1S/C38H60O4/c1-3-5-7-9-10-11-12-13-14-15-16-17-18-19-20-21-22-27-31-35-38(41)42-36(32-28-24-8-6-4-2)33-29-25-23-26-30-34-37(39)40/h5-8,10-11,13-14,16-17,28-29,32-33,36H,3-4,9,12,15,18-27,30-31,34-35H2,1-2H3,(H,39,40)/b7-5-,8-6-,11-10-,14-13-,17-16-,32-28-,33-29-. The first-order valence-electron chi connectivity index (χ1n) is 16.6. The number of unbranched alkanes of at least 4 members (excludes halogenated alkanes) is 9. The highest BCUT2D eigenvalue weighted by Crippen LogP contribution is 2.12. The summed E-state index contributed by atoms with van der Waals surface area (Å²) < 4.78 is 5.72. The predicted octanol–water partition coefficient (Wildman–Crippen LogP) is 11.3. The van der Waals surface area contributed by atoms with E-state index >= 15 is 0 Å². The zero-order valence-electron chi connectivity index (χ0n) is 26.8. The molecule has 236 valence electrons. The highest BCUT2D eigenvalue weighted by atomic mass is 16.5. The van der Waals surface area contributed by atoms with E-state index in [9.17, 15) is 9.59 Å². The number of allylic oxidation sites excluding steroid dienone is 12. The quantitative estimate of drug-likeness (QED) is 0.0568. The zero-order chi connectivity index (χ0) is 30.8. The topological polar surface area (TPSA) is 63.6 Å². The smallest absolute Gasteiger partial charge is 0.306 e. The van der Waals surface area contributed by atoms with Crippen LogP contribution in [0.2, 0.25) is 0 Å². The van der Waals surface area contributed by atoms with E-state index < -0.39 is 5.97 Å². The zero-order valence-corrected chi connectivity index (χ0v) is 26.8. The van der Waals surface area contributed by atoms with Gasteiger partial charge in [-0.25, -0.2) is 0 Å². The molecule has 0 aliphatic rings. The van der Waals surface area contributed by atoms with Crippen molar-refractivity contribution in [2.45, 2.75) is 142 Å². The number of ether oxygens (including phenoxy) is 1. The van der Waals surface area contributed by atoms with Gasteiger partial charge in [0.25, 0.3) is 0 Å². The molecule has 0 radical (unpaired) electrons. The van der Waals surface area contributed by atoms with Crippen LogP contribution in [-0.4, -0.2) is 23.1 Å². The Morgan fingerprint density at radius 2 is 0.952 bits per heavy atom. The number of aliphatic carboxylic acids is 1. The summed E-state index contributed by atoms with van der Waals surface area (Å²) >= 11 is 0. The maximum Gasteiger partial charge on any atom is 0.306 e. The van der Waals surface area contributed by atoms with E-state index in [2.05, 4.69) is 74.6 Å². The number of carbonyl (C=O) groups excluding carboxylic acids is 1. The van der Waals surface area contributed by atoms with Gasteiger partial charge in [0.15, 0.2) is 0 Å². The van der Waals surface area contributed by atoms with Gasteiger partial charge in [-0.05, 0) is 89.2 Å². The van der Waals surface area contributed by atoms with Crippen molar-refractivity contribution >= 4 is 11.9 Å². The molecule has 0 saturated heterocycles. The van der Waals surface area contributed by atoms with Crippen LogP contribution in [0.5, 0.6) is 0 Å². The first-order chi connectivity index (χ1) is 20.6. The molecule has 1 N–H and O–H groups in total. The molecule has 0 aliphatic carbocycles. The van der Waals surface area contributed by atoms with Crippen LogP contribution < -0.4 is 0 Å². The normalized spacial score (nSPS) is 13.4. The van der Waals surface area contributed by atoms with Crippen LogP contribution in [0.4, 0.5) is 0 Å². The Kier molecular flexibility index (Phi) is 30.4. The van der Waals surface area contributed by atoms with Gasteiger partial charge in [-0.1, -0.05) is 119 Å². The van der Waals surface area contributed by atoms with Gasteiger partial charge in [-0.3, -0.25) is 9.59 Å². The average Bonchev–Trinajstić information content (AvgIpc) is 2.97. The van der Waals surface area contributed by atoms with Gasteiger partial charge in [0.1, 0.15) is 6.10 Å². The molecular formula is C38H60O4. The summed E-state index contributed by atoms with van der Waals surface area (Å²) in [5.41, 5.74) is 0. The third kappa shape index (κ3) is 31.6. The number of esters is 1. The van der Waals surface area contributed by atoms with Crippen molar-refractivity contribution in [2.75, 3.05) is 0 Å². The van der Waals surface area contributed by atoms with Crippen LogP contribution in [0, 0.1) is 0 Å². The van der Waals surface area contributed by atoms with Gasteiger partial charge in [-0.2, -0.15) is 0 Å². The molecule has 0 heterocycles. The minimum absolute atomic E-state index is 0.140. The number of rotatable bonds is 28. The van der Waals surface area contributed by atoms with E-state index in [1.165, 1.54) is 19.3 Å². The van der Waals surface area contributed by atoms with Crippen molar-refractivity contribution in [1.82, 2.24) is 0 Å². The Balaban J connectivity index is 4.00. The van der Waals surface area contributed by atoms with Crippen LogP contribution in [0.15, 0.2) is 85.1 Å². The summed E-state index contributed by atoms with van der Waals surface area (Å²) in [5.74, 6) is -0.878. The molecule has 0 aromatic heterocycles. The van der Waals surface area contributed by atoms with Crippen LogP contribution in [-0.2, 0) is 14.3 Å². The van der Waals surface area contributed by atoms with Gasteiger partial charge in [0, 0.05) is 12.8 Å². The molecule has 4 heteroatoms. The van der Waals surface area contributed by atoms with E-state index in [4.69, 9.17) is 9.84 Å². The van der Waals surface area contributed by atoms with Gasteiger partial charge >= 0.3 is 11.9 Å². The molecule has 1 atom stereocenters. The minimum Gasteiger partial charge on any atom is -0.481 e. The van der Waals surface area contributed by atoms with Crippen LogP contribution in [0.1, 0.15) is 136 Å². The maximum absolute atomic E-state index is 12.4. The Morgan fingerprint density at radius 1 is 0.524 bits per heavy atom. The Bertz CT molecular complexity index is 841. The van der Waals surface area contributed by atoms with Crippen molar-refractivity contribution in [3.05, 3.63) is 85.1 Å². The molecular weight excluding hydrogens is 520 g/mol. The van der Waals surface area contributed by atoms with Gasteiger partial charge < -0.3 is 9.84 Å². The molecule has 0 amide bonds. The van der Waals surface area contributed by atoms with E-state index in [-0.39, 0.29) is 18.5 Å². The third-order valence-electron chi connectivity index (χ3n) is 6.58. The van der Waals surface area contributed by atoms with Crippen molar-refractivity contribution in [1.29, 1.82) is 0 Å². The number of carboxylic acids is 1. The lowest BCUT2D eigenvalue weighted by Gasteiger charge is -2.11. The molecule has 0 spiro atoms. The van der Waals surface area contributed by atoms with Crippen molar-refractivity contribution < 1.29 is 19.4 Å². The van der Waals surface area contributed by atoms with Crippen molar-refractivity contribution in [3.63, 3.8) is 0 Å². The van der Waals surface area contributed by atoms with Gasteiger partial charge in [0.05, 0.1) is 0 Å². The average molecular weight is 581 g/mol. The molecule has 4 nitrogen and oxygen atoms in total. The first-order valence-corrected chi connectivity index (χ1v) is 16.6. The molecule has 42 heavy (non-hydrogen) atoms. The van der Waals surface area contributed by atoms with Crippen molar-refractivity contribution in [2.24, 2.45) is 0 Å². The molecule has 0 aromatic carbocycles. The molecule has 1 unspecified atom stereocenters. The number of hydrogen-bond donors (Lipinski definition) is 1. The van der Waals surface area contributed by atoms with E-state index in [0.29, 0.717) is 12.8 Å². The van der Waals surface area contributed by atoms with E-state index in [1.807, 2.05) is 24.3 Å². The fourth-order valence-electron chi connectivity index (χ4n) is 4.19. The number of carboxylic acid groups (broad SMARTS) is 1. The third-order valence-corrected chi connectivity index (χ3v) is 6.58. The molecule has 0 rings (SSSR count). The Hall–Kier alpha value is -2.88. The minimum atomic E-state index is -0.738. The Labute approximate surface area is 258 Å². The summed E-state index contributed by atoms with van der Waals surface area (Å²) in [6.45, 7) is 4.26. The van der Waals surface area contributed by atoms with E-state index in [1.54, 1.807) is 0 Å². The van der Waals surface area contributed by atoms with Crippen molar-refractivity contribution in [3.8, 4) is 0 Å². The second kappa shape index (κ2) is 32.6. The monoisotopic (exact) mass is 580 g/mol. The molecule has 0 saturated carbocycles. The SMILES string of the molecule is CC/C=C\C/C=C\C/C=C\C/C=C\CCCCCCCCC(=O)OC(/C=C\C/C=C\CC)/C=C\CCCCCC(=O)O. The number of carbonyl (C=O) groups is 2. The second-order valence-electron chi connectivity index (χ2n) is 10.6. The first kappa shape index (κ1) is 39.1. The summed E-state index contributed by atoms with van der Waals surface area (Å²) in [6.07, 6.45) is 47.8. The van der Waals surface area contributed by atoms with Gasteiger partial charge in [0.2, 0.25) is 0 Å². The van der Waals surface area contributed by atoms with Crippen LogP contribution >= 0.6 is 0 Å². The molecule has 0 fully saturated rings. The van der Waals surface area contributed by atoms with Gasteiger partial charge in [-0.15, -0.1) is 0 Å². The Morgan fingerprint density at radius 3 is 1.55 bits per heavy atom. The largest absolute Gasteiger partial charge is 0.481 e. The highest BCUT2D eigenvalue weighted by Gasteiger charge is 2.08. The fourth-order valence-corrected chi connectivity index (χ4v) is 4.19. The van der Waals surface area contributed by atoms with Crippen LogP contribution in [0.3, 0.4) is 0 Å². The molecule has 0 aliphatic heterocycles. The molecule has 0 bridgehead atoms. The van der Waals surface area contributed by atoms with E-state index in [0.717, 1.165) is 83.5 Å². The lowest BCUT2D eigenvalue weighted by atomic mass is 10.1. The predicted molar refractivity (Wildman–Crippen MR) is 181 cm³/mol. The molecule has 0 aromatic rings. The maximum atomic E-state index is 12.4. The summed E-state index contributed by atoms with van der Waals surface area (Å²) in [6, 6.07) is 0. The van der Waals surface area contributed by atoms with Crippen LogP contribution in [0.25, 0.3) is 0 Å². The summed E-state index contributed by atoms with van der Waals surface area (Å²) in [4.78, 5) is 23.0. The fraction of sp³-hybridized carbons (Fsp3) is 0.579. The summed E-state index contributed by atoms with van der Waals surface area (Å²) in [5, 5.41) is 8.73. The lowest BCUT2D eigenvalue weighted by Crippen LogP contribution is -2.13.